The van der Waals surface area contributed by atoms with E-state index >= 15 is 0 Å². The summed E-state index contributed by atoms with van der Waals surface area (Å²) in [5, 5.41) is 0.0231. The fraction of sp³-hybridized carbons (Fsp3) is 0.294. The molecule has 0 aliphatic rings. The summed E-state index contributed by atoms with van der Waals surface area (Å²) in [5.41, 5.74) is 6.39. The van der Waals surface area contributed by atoms with Crippen molar-refractivity contribution in [2.75, 3.05) is 0 Å². The van der Waals surface area contributed by atoms with Crippen molar-refractivity contribution in [2.24, 2.45) is 0 Å². The lowest BCUT2D eigenvalue weighted by molar-refractivity contribution is 0.897. The van der Waals surface area contributed by atoms with Crippen LogP contribution in [-0.4, -0.2) is 0 Å². The number of hydrogen-bond acceptors (Lipinski definition) is 0. The van der Waals surface area contributed by atoms with Crippen molar-refractivity contribution in [3.63, 3.8) is 0 Å². The summed E-state index contributed by atoms with van der Waals surface area (Å²) in [6.45, 7) is 6.42. The molecule has 2 aromatic rings. The number of alkyl halides is 1. The summed E-state index contributed by atoms with van der Waals surface area (Å²) in [5.74, 6) is 0. The highest BCUT2D eigenvalue weighted by atomic mass is 79.9. The van der Waals surface area contributed by atoms with E-state index in [-0.39, 0.29) is 5.38 Å². The Morgan fingerprint density at radius 2 is 1.68 bits per heavy atom. The van der Waals surface area contributed by atoms with Crippen LogP contribution in [0.25, 0.3) is 0 Å². The molecule has 100 valence electrons. The van der Waals surface area contributed by atoms with Gasteiger partial charge >= 0.3 is 0 Å². The maximum Gasteiger partial charge on any atom is 0.0630 e. The number of benzene rings is 2. The topological polar surface area (TPSA) is 0 Å². The molecule has 0 aliphatic heterocycles. The molecule has 1 unspecified atom stereocenters. The molecule has 2 heteroatoms. The van der Waals surface area contributed by atoms with Gasteiger partial charge in [0.15, 0.2) is 0 Å². The molecule has 0 amide bonds. The van der Waals surface area contributed by atoms with Gasteiger partial charge in [0.2, 0.25) is 0 Å². The van der Waals surface area contributed by atoms with E-state index in [0.29, 0.717) is 0 Å². The highest BCUT2D eigenvalue weighted by Gasteiger charge is 2.14. The highest BCUT2D eigenvalue weighted by molar-refractivity contribution is 9.10. The number of hydrogen-bond donors (Lipinski definition) is 0. The van der Waals surface area contributed by atoms with Gasteiger partial charge in [-0.3, -0.25) is 0 Å². The largest absolute Gasteiger partial charge is 0.117 e. The minimum Gasteiger partial charge on any atom is -0.117 e. The van der Waals surface area contributed by atoms with Crippen molar-refractivity contribution in [1.29, 1.82) is 0 Å². The predicted octanol–water partition coefficient (Wildman–Crippen LogP) is 5.90. The average molecular weight is 338 g/mol. The van der Waals surface area contributed by atoms with Crippen LogP contribution < -0.4 is 0 Å². The summed E-state index contributed by atoms with van der Waals surface area (Å²) in [6, 6.07) is 12.8. The summed E-state index contributed by atoms with van der Waals surface area (Å²) in [6.07, 6.45) is 0.853. The third kappa shape index (κ3) is 3.61. The van der Waals surface area contributed by atoms with Crippen molar-refractivity contribution >= 4 is 27.5 Å². The molecular weight excluding hydrogens is 320 g/mol. The van der Waals surface area contributed by atoms with Gasteiger partial charge in [0, 0.05) is 4.47 Å². The fourth-order valence-electron chi connectivity index (χ4n) is 2.66. The molecule has 2 aromatic carbocycles. The zero-order chi connectivity index (χ0) is 14.0. The molecule has 0 bridgehead atoms. The Balaban J connectivity index is 2.28. The summed E-state index contributed by atoms with van der Waals surface area (Å²) < 4.78 is 1.10. The van der Waals surface area contributed by atoms with E-state index in [9.17, 15) is 0 Å². The Morgan fingerprint density at radius 3 is 2.26 bits per heavy atom. The molecule has 0 aromatic heterocycles. The second kappa shape index (κ2) is 6.11. The lowest BCUT2D eigenvalue weighted by Crippen LogP contribution is -2.02. The van der Waals surface area contributed by atoms with Crippen LogP contribution in [-0.2, 0) is 6.42 Å². The average Bonchev–Trinajstić information content (AvgIpc) is 2.27. The highest BCUT2D eigenvalue weighted by Crippen LogP contribution is 2.31. The smallest absolute Gasteiger partial charge is 0.0630 e. The molecule has 0 aliphatic carbocycles. The van der Waals surface area contributed by atoms with E-state index in [1.807, 2.05) is 6.07 Å². The Bertz CT molecular complexity index is 567. The standard InChI is InChI=1S/C17H18BrCl/c1-11-7-12(2)17(13(3)8-11)16(19)10-14-5-4-6-15(18)9-14/h4-9,16H,10H2,1-3H3. The van der Waals surface area contributed by atoms with Crippen LogP contribution >= 0.6 is 27.5 Å². The van der Waals surface area contributed by atoms with Crippen LogP contribution in [0.3, 0.4) is 0 Å². The molecule has 0 heterocycles. The van der Waals surface area contributed by atoms with Gasteiger partial charge in [-0.1, -0.05) is 45.8 Å². The Kier molecular flexibility index (Phi) is 4.70. The number of rotatable bonds is 3. The minimum absolute atomic E-state index is 0.0231. The van der Waals surface area contributed by atoms with Gasteiger partial charge in [0.05, 0.1) is 5.38 Å². The van der Waals surface area contributed by atoms with E-state index < -0.39 is 0 Å². The predicted molar refractivity (Wildman–Crippen MR) is 87.1 cm³/mol. The molecule has 0 N–H and O–H groups in total. The van der Waals surface area contributed by atoms with E-state index in [1.165, 1.54) is 27.8 Å². The lowest BCUT2D eigenvalue weighted by Gasteiger charge is -2.17. The molecular formula is C17H18BrCl. The third-order valence-electron chi connectivity index (χ3n) is 3.36. The molecule has 0 spiro atoms. The first-order chi connectivity index (χ1) is 8.97. The molecule has 0 saturated carbocycles. The van der Waals surface area contributed by atoms with Gasteiger partial charge in [0.25, 0.3) is 0 Å². The van der Waals surface area contributed by atoms with Crippen molar-refractivity contribution < 1.29 is 0 Å². The first-order valence-corrected chi connectivity index (χ1v) is 7.66. The second-order valence-electron chi connectivity index (χ2n) is 5.11. The molecule has 2 rings (SSSR count). The van der Waals surface area contributed by atoms with E-state index in [4.69, 9.17) is 11.6 Å². The van der Waals surface area contributed by atoms with Crippen molar-refractivity contribution in [3.05, 3.63) is 68.7 Å². The van der Waals surface area contributed by atoms with Crippen LogP contribution in [0.5, 0.6) is 0 Å². The molecule has 1 atom stereocenters. The second-order valence-corrected chi connectivity index (χ2v) is 6.56. The number of halogens is 2. The molecule has 0 nitrogen and oxygen atoms in total. The van der Waals surface area contributed by atoms with Crippen LogP contribution in [0.2, 0.25) is 0 Å². The first-order valence-electron chi connectivity index (χ1n) is 6.43. The first kappa shape index (κ1) is 14.6. The zero-order valence-electron chi connectivity index (χ0n) is 11.5. The lowest BCUT2D eigenvalue weighted by atomic mass is 9.94. The van der Waals surface area contributed by atoms with Gasteiger partial charge in [0.1, 0.15) is 0 Å². The van der Waals surface area contributed by atoms with Crippen LogP contribution in [0, 0.1) is 20.8 Å². The monoisotopic (exact) mass is 336 g/mol. The SMILES string of the molecule is Cc1cc(C)c(C(Cl)Cc2cccc(Br)c2)c(C)c1. The Morgan fingerprint density at radius 1 is 1.05 bits per heavy atom. The molecule has 0 saturated heterocycles. The van der Waals surface area contributed by atoms with Gasteiger partial charge in [-0.25, -0.2) is 0 Å². The van der Waals surface area contributed by atoms with Gasteiger partial charge in [-0.15, -0.1) is 11.6 Å². The maximum absolute atomic E-state index is 6.64. The zero-order valence-corrected chi connectivity index (χ0v) is 13.8. The maximum atomic E-state index is 6.64. The summed E-state index contributed by atoms with van der Waals surface area (Å²) in [4.78, 5) is 0. The van der Waals surface area contributed by atoms with Gasteiger partial charge < -0.3 is 0 Å². The van der Waals surface area contributed by atoms with Gasteiger partial charge in [-0.05, 0) is 61.6 Å². The van der Waals surface area contributed by atoms with Gasteiger partial charge in [-0.2, -0.15) is 0 Å². The molecule has 0 fully saturated rings. The van der Waals surface area contributed by atoms with E-state index in [2.05, 4.69) is 67.0 Å². The molecule has 0 radical (unpaired) electrons. The van der Waals surface area contributed by atoms with Crippen molar-refractivity contribution in [3.8, 4) is 0 Å². The summed E-state index contributed by atoms with van der Waals surface area (Å²) >= 11 is 10.1. The third-order valence-corrected chi connectivity index (χ3v) is 4.22. The van der Waals surface area contributed by atoms with E-state index in [1.54, 1.807) is 0 Å². The molecule has 19 heavy (non-hydrogen) atoms. The Labute approximate surface area is 128 Å². The van der Waals surface area contributed by atoms with Crippen LogP contribution in [0.15, 0.2) is 40.9 Å². The van der Waals surface area contributed by atoms with Crippen LogP contribution in [0.1, 0.15) is 33.2 Å². The normalized spacial score (nSPS) is 12.5. The van der Waals surface area contributed by atoms with Crippen LogP contribution in [0.4, 0.5) is 0 Å². The summed E-state index contributed by atoms with van der Waals surface area (Å²) in [7, 11) is 0. The quantitative estimate of drug-likeness (QED) is 0.612. The van der Waals surface area contributed by atoms with E-state index in [0.717, 1.165) is 10.9 Å². The van der Waals surface area contributed by atoms with Crippen molar-refractivity contribution in [1.82, 2.24) is 0 Å². The fourth-order valence-corrected chi connectivity index (χ4v) is 3.63. The minimum atomic E-state index is 0.0231. The van der Waals surface area contributed by atoms with Crippen molar-refractivity contribution in [2.45, 2.75) is 32.6 Å². The Hall–Kier alpha value is -0.790. The number of aryl methyl sites for hydroxylation is 3.